The molecule has 0 aliphatic carbocycles. The largest absolute Gasteiger partial charge is 0.377 e. The van der Waals surface area contributed by atoms with Crippen molar-refractivity contribution in [2.24, 2.45) is 0 Å². The van der Waals surface area contributed by atoms with Crippen LogP contribution in [0.25, 0.3) is 0 Å². The zero-order valence-corrected chi connectivity index (χ0v) is 8.03. The van der Waals surface area contributed by atoms with Crippen LogP contribution in [0.2, 0.25) is 0 Å². The molecule has 2 rings (SSSR count). The van der Waals surface area contributed by atoms with Crippen molar-refractivity contribution in [2.45, 2.75) is 6.92 Å². The first-order chi connectivity index (χ1) is 6.39. The molecule has 0 bridgehead atoms. The summed E-state index contributed by atoms with van der Waals surface area (Å²) >= 11 is 0. The molecule has 1 saturated heterocycles. The first kappa shape index (κ1) is 10.2. The van der Waals surface area contributed by atoms with E-state index in [2.05, 4.69) is 19.1 Å². The highest BCUT2D eigenvalue weighted by molar-refractivity contribution is 5.11. The average Bonchev–Trinajstić information content (AvgIpc) is 2.22. The topological polar surface area (TPSA) is 18.5 Å². The van der Waals surface area contributed by atoms with Crippen LogP contribution in [0, 0.1) is 6.92 Å². The quantitative estimate of drug-likeness (QED) is 0.608. The molecule has 0 amide bonds. The van der Waals surface area contributed by atoms with Crippen molar-refractivity contribution in [1.29, 1.82) is 0 Å². The van der Waals surface area contributed by atoms with E-state index in [0.29, 0.717) is 0 Å². The number of aryl methyl sites for hydroxylation is 1. The highest BCUT2D eigenvalue weighted by atomic mass is 16.6. The SMILES string of the molecule is C1COCCO1.Cc1ccccc1. The van der Waals surface area contributed by atoms with Gasteiger partial charge in [0.05, 0.1) is 26.4 Å². The standard InChI is InChI=1S/C7H8.C4H8O2/c1-7-5-3-2-4-6-7;1-2-6-4-3-5-1/h2-6H,1H3;1-4H2. The van der Waals surface area contributed by atoms with Crippen molar-refractivity contribution in [3.63, 3.8) is 0 Å². The second kappa shape index (κ2) is 6.63. The first-order valence-corrected chi connectivity index (χ1v) is 4.57. The van der Waals surface area contributed by atoms with E-state index in [1.807, 2.05) is 18.2 Å². The van der Waals surface area contributed by atoms with Crippen LogP contribution >= 0.6 is 0 Å². The van der Waals surface area contributed by atoms with Crippen molar-refractivity contribution < 1.29 is 9.47 Å². The number of ether oxygens (including phenoxy) is 2. The predicted octanol–water partition coefficient (Wildman–Crippen LogP) is 2.03. The molecule has 0 unspecified atom stereocenters. The highest BCUT2D eigenvalue weighted by Gasteiger charge is 1.94. The third-order valence-electron chi connectivity index (χ3n) is 1.68. The molecule has 1 aromatic carbocycles. The molecule has 1 fully saturated rings. The molecule has 0 radical (unpaired) electrons. The van der Waals surface area contributed by atoms with Gasteiger partial charge in [-0.15, -0.1) is 0 Å². The maximum absolute atomic E-state index is 4.94. The van der Waals surface area contributed by atoms with E-state index in [-0.39, 0.29) is 0 Å². The average molecular weight is 180 g/mol. The van der Waals surface area contributed by atoms with Gasteiger partial charge in [-0.1, -0.05) is 35.9 Å². The number of hydrogen-bond donors (Lipinski definition) is 0. The van der Waals surface area contributed by atoms with E-state index in [4.69, 9.17) is 9.47 Å². The summed E-state index contributed by atoms with van der Waals surface area (Å²) < 4.78 is 9.89. The first-order valence-electron chi connectivity index (χ1n) is 4.57. The van der Waals surface area contributed by atoms with Crippen LogP contribution in [-0.4, -0.2) is 26.4 Å². The normalized spacial score (nSPS) is 15.8. The van der Waals surface area contributed by atoms with Crippen LogP contribution in [0.5, 0.6) is 0 Å². The predicted molar refractivity (Wildman–Crippen MR) is 52.8 cm³/mol. The molecule has 0 saturated carbocycles. The summed E-state index contributed by atoms with van der Waals surface area (Å²) in [7, 11) is 0. The molecule has 0 spiro atoms. The Kier molecular flexibility index (Phi) is 5.22. The summed E-state index contributed by atoms with van der Waals surface area (Å²) in [5.74, 6) is 0. The van der Waals surface area contributed by atoms with Crippen molar-refractivity contribution in [2.75, 3.05) is 26.4 Å². The Morgan fingerprint density at radius 2 is 1.31 bits per heavy atom. The lowest BCUT2D eigenvalue weighted by atomic mass is 10.2. The van der Waals surface area contributed by atoms with E-state index >= 15 is 0 Å². The summed E-state index contributed by atoms with van der Waals surface area (Å²) in [5.41, 5.74) is 1.32. The Bertz CT molecular complexity index is 193. The van der Waals surface area contributed by atoms with Gasteiger partial charge in [-0.25, -0.2) is 0 Å². The Morgan fingerprint density at radius 1 is 0.846 bits per heavy atom. The summed E-state index contributed by atoms with van der Waals surface area (Å²) in [5, 5.41) is 0. The fourth-order valence-electron chi connectivity index (χ4n) is 0.974. The fraction of sp³-hybridized carbons (Fsp3) is 0.455. The molecule has 1 heterocycles. The molecule has 2 heteroatoms. The van der Waals surface area contributed by atoms with E-state index in [9.17, 15) is 0 Å². The van der Waals surface area contributed by atoms with Crippen LogP contribution in [0.1, 0.15) is 5.56 Å². The third-order valence-corrected chi connectivity index (χ3v) is 1.68. The maximum Gasteiger partial charge on any atom is 0.0701 e. The monoisotopic (exact) mass is 180 g/mol. The number of rotatable bonds is 0. The molecule has 0 N–H and O–H groups in total. The van der Waals surface area contributed by atoms with Crippen LogP contribution in [0.15, 0.2) is 30.3 Å². The lowest BCUT2D eigenvalue weighted by Crippen LogP contribution is -2.16. The molecular formula is C11H16O2. The van der Waals surface area contributed by atoms with Gasteiger partial charge in [-0.05, 0) is 6.92 Å². The van der Waals surface area contributed by atoms with Crippen molar-refractivity contribution in [3.05, 3.63) is 35.9 Å². The maximum atomic E-state index is 4.94. The molecule has 1 aliphatic rings. The zero-order chi connectivity index (χ0) is 9.36. The van der Waals surface area contributed by atoms with Gasteiger partial charge in [0.2, 0.25) is 0 Å². The molecule has 0 atom stereocenters. The highest BCUT2D eigenvalue weighted by Crippen LogP contribution is 1.92. The van der Waals surface area contributed by atoms with Gasteiger partial charge in [-0.2, -0.15) is 0 Å². The van der Waals surface area contributed by atoms with Crippen LogP contribution in [-0.2, 0) is 9.47 Å². The summed E-state index contributed by atoms with van der Waals surface area (Å²) in [4.78, 5) is 0. The second-order valence-electron chi connectivity index (χ2n) is 2.88. The summed E-state index contributed by atoms with van der Waals surface area (Å²) in [6.07, 6.45) is 0. The van der Waals surface area contributed by atoms with Gasteiger partial charge in [0, 0.05) is 0 Å². The fourth-order valence-corrected chi connectivity index (χ4v) is 0.974. The lowest BCUT2D eigenvalue weighted by Gasteiger charge is -2.09. The number of hydrogen-bond acceptors (Lipinski definition) is 2. The minimum absolute atomic E-state index is 0.778. The minimum atomic E-state index is 0.778. The van der Waals surface area contributed by atoms with E-state index in [1.165, 1.54) is 5.56 Å². The zero-order valence-electron chi connectivity index (χ0n) is 8.03. The van der Waals surface area contributed by atoms with Crippen molar-refractivity contribution >= 4 is 0 Å². The second-order valence-corrected chi connectivity index (χ2v) is 2.88. The van der Waals surface area contributed by atoms with Gasteiger partial charge in [0.1, 0.15) is 0 Å². The van der Waals surface area contributed by atoms with Crippen LogP contribution < -0.4 is 0 Å². The smallest absolute Gasteiger partial charge is 0.0701 e. The third kappa shape index (κ3) is 5.39. The van der Waals surface area contributed by atoms with Crippen molar-refractivity contribution in [1.82, 2.24) is 0 Å². The number of benzene rings is 1. The van der Waals surface area contributed by atoms with Crippen molar-refractivity contribution in [3.8, 4) is 0 Å². The molecule has 2 nitrogen and oxygen atoms in total. The van der Waals surface area contributed by atoms with E-state index < -0.39 is 0 Å². The van der Waals surface area contributed by atoms with Gasteiger partial charge in [0.25, 0.3) is 0 Å². The van der Waals surface area contributed by atoms with E-state index in [1.54, 1.807) is 0 Å². The summed E-state index contributed by atoms with van der Waals surface area (Å²) in [6, 6.07) is 10.3. The Morgan fingerprint density at radius 3 is 1.54 bits per heavy atom. The Hall–Kier alpha value is -0.860. The van der Waals surface area contributed by atoms with Crippen LogP contribution in [0.3, 0.4) is 0 Å². The van der Waals surface area contributed by atoms with Gasteiger partial charge >= 0.3 is 0 Å². The molecule has 0 aromatic heterocycles. The lowest BCUT2D eigenvalue weighted by molar-refractivity contribution is -0.0334. The molecule has 72 valence electrons. The van der Waals surface area contributed by atoms with E-state index in [0.717, 1.165) is 26.4 Å². The molecular weight excluding hydrogens is 164 g/mol. The minimum Gasteiger partial charge on any atom is -0.377 e. The van der Waals surface area contributed by atoms with Gasteiger partial charge in [-0.3, -0.25) is 0 Å². The van der Waals surface area contributed by atoms with Gasteiger partial charge < -0.3 is 9.47 Å². The molecule has 13 heavy (non-hydrogen) atoms. The van der Waals surface area contributed by atoms with Crippen LogP contribution in [0.4, 0.5) is 0 Å². The Labute approximate surface area is 79.5 Å². The van der Waals surface area contributed by atoms with Gasteiger partial charge in [0.15, 0.2) is 0 Å². The summed E-state index contributed by atoms with van der Waals surface area (Å²) in [6.45, 7) is 5.19. The Balaban J connectivity index is 0.000000132. The molecule has 1 aromatic rings. The molecule has 1 aliphatic heterocycles.